The molecule has 162 valence electrons. The summed E-state index contributed by atoms with van der Waals surface area (Å²) in [7, 11) is 2.71. The maximum absolute atomic E-state index is 12.7. The SMILES string of the molecule is COc1cc2c(cc1C(=O)O)NC(=O)c1ccc(-c3ccc([N+](=O)[O-])c(OC)c3)cc1N2. The predicted molar refractivity (Wildman–Crippen MR) is 116 cm³/mol. The summed E-state index contributed by atoms with van der Waals surface area (Å²) in [4.78, 5) is 34.9. The first-order chi connectivity index (χ1) is 15.3. The molecule has 1 amide bonds. The van der Waals surface area contributed by atoms with E-state index in [1.807, 2.05) is 0 Å². The minimum absolute atomic E-state index is 0.0852. The molecule has 3 aromatic rings. The van der Waals surface area contributed by atoms with Crippen molar-refractivity contribution < 1.29 is 29.1 Å². The van der Waals surface area contributed by atoms with Crippen molar-refractivity contribution in [2.24, 2.45) is 0 Å². The van der Waals surface area contributed by atoms with E-state index in [1.54, 1.807) is 30.3 Å². The molecule has 10 heteroatoms. The Labute approximate surface area is 181 Å². The summed E-state index contributed by atoms with van der Waals surface area (Å²) in [6.45, 7) is 0. The van der Waals surface area contributed by atoms with Crippen LogP contribution in [0.3, 0.4) is 0 Å². The lowest BCUT2D eigenvalue weighted by Crippen LogP contribution is -2.11. The molecule has 0 saturated carbocycles. The van der Waals surface area contributed by atoms with Crippen molar-refractivity contribution in [2.75, 3.05) is 24.9 Å². The van der Waals surface area contributed by atoms with Crippen LogP contribution in [0.4, 0.5) is 22.7 Å². The van der Waals surface area contributed by atoms with Crippen LogP contribution >= 0.6 is 0 Å². The van der Waals surface area contributed by atoms with Gasteiger partial charge in [-0.15, -0.1) is 0 Å². The Morgan fingerprint density at radius 1 is 0.906 bits per heavy atom. The number of amides is 1. The first-order valence-electron chi connectivity index (χ1n) is 9.33. The zero-order chi connectivity index (χ0) is 23.0. The normalized spacial score (nSPS) is 11.9. The van der Waals surface area contributed by atoms with E-state index < -0.39 is 16.8 Å². The number of hydrogen-bond donors (Lipinski definition) is 3. The maximum atomic E-state index is 12.7. The lowest BCUT2D eigenvalue weighted by molar-refractivity contribution is -0.385. The van der Waals surface area contributed by atoms with Gasteiger partial charge in [-0.2, -0.15) is 0 Å². The number of fused-ring (bicyclic) bond motifs is 2. The number of nitro benzene ring substituents is 1. The molecule has 0 unspecified atom stereocenters. The van der Waals surface area contributed by atoms with E-state index in [2.05, 4.69) is 10.6 Å². The summed E-state index contributed by atoms with van der Waals surface area (Å²) in [6, 6.07) is 12.4. The van der Waals surface area contributed by atoms with E-state index in [1.165, 1.54) is 32.4 Å². The summed E-state index contributed by atoms with van der Waals surface area (Å²) in [5, 5.41) is 26.4. The topological polar surface area (TPSA) is 140 Å². The van der Waals surface area contributed by atoms with E-state index in [9.17, 15) is 24.8 Å². The number of carbonyl (C=O) groups excluding carboxylic acids is 1. The first kappa shape index (κ1) is 20.7. The number of carboxylic acid groups (broad SMARTS) is 1. The smallest absolute Gasteiger partial charge is 0.339 e. The molecule has 4 rings (SSSR count). The molecule has 3 N–H and O–H groups in total. The Balaban J connectivity index is 1.80. The average Bonchev–Trinajstić information content (AvgIpc) is 2.92. The summed E-state index contributed by atoms with van der Waals surface area (Å²) >= 11 is 0. The van der Waals surface area contributed by atoms with E-state index in [0.29, 0.717) is 33.8 Å². The van der Waals surface area contributed by atoms with Crippen LogP contribution < -0.4 is 20.1 Å². The third-order valence-corrected chi connectivity index (χ3v) is 5.06. The Kier molecular flexibility index (Phi) is 5.11. The third-order valence-electron chi connectivity index (χ3n) is 5.06. The molecule has 1 aliphatic heterocycles. The van der Waals surface area contributed by atoms with Crippen molar-refractivity contribution >= 4 is 34.6 Å². The number of anilines is 3. The minimum Gasteiger partial charge on any atom is -0.496 e. The quantitative estimate of drug-likeness (QED) is 0.398. The number of nitrogens with zero attached hydrogens (tertiary/aromatic N) is 1. The number of carboxylic acids is 1. The molecular weight excluding hydrogens is 418 g/mol. The Morgan fingerprint density at radius 3 is 2.22 bits per heavy atom. The van der Waals surface area contributed by atoms with Gasteiger partial charge in [0, 0.05) is 12.1 Å². The van der Waals surface area contributed by atoms with Gasteiger partial charge in [0.1, 0.15) is 11.3 Å². The average molecular weight is 435 g/mol. The number of ether oxygens (including phenoxy) is 2. The second-order valence-corrected chi connectivity index (χ2v) is 6.89. The van der Waals surface area contributed by atoms with E-state index >= 15 is 0 Å². The van der Waals surface area contributed by atoms with Gasteiger partial charge in [0.15, 0.2) is 5.75 Å². The molecule has 0 radical (unpaired) electrons. The van der Waals surface area contributed by atoms with Crippen LogP contribution in [0.2, 0.25) is 0 Å². The zero-order valence-electron chi connectivity index (χ0n) is 17.0. The standard InChI is InChI=1S/C22H17N3O7/c1-31-19-10-17-16(9-14(19)22(27)28)24-21(26)13-5-3-11(7-15(13)23-17)12-4-6-18(25(29)30)20(8-12)32-2/h3-10,23H,1-2H3,(H,24,26)(H,27,28). The fraction of sp³-hybridized carbons (Fsp3) is 0.0909. The van der Waals surface area contributed by atoms with Gasteiger partial charge in [0.25, 0.3) is 5.91 Å². The van der Waals surface area contributed by atoms with Crippen molar-refractivity contribution in [3.05, 3.63) is 69.8 Å². The first-order valence-corrected chi connectivity index (χ1v) is 9.33. The molecule has 0 aromatic heterocycles. The molecule has 1 aliphatic rings. The van der Waals surface area contributed by atoms with Crippen LogP contribution in [0.5, 0.6) is 11.5 Å². The van der Waals surface area contributed by atoms with Crippen LogP contribution in [0.15, 0.2) is 48.5 Å². The molecule has 3 aromatic carbocycles. The lowest BCUT2D eigenvalue weighted by Gasteiger charge is -2.13. The Bertz CT molecular complexity index is 1290. The van der Waals surface area contributed by atoms with Gasteiger partial charge in [-0.05, 0) is 41.5 Å². The number of methoxy groups -OCH3 is 2. The zero-order valence-corrected chi connectivity index (χ0v) is 17.0. The van der Waals surface area contributed by atoms with E-state index in [4.69, 9.17) is 9.47 Å². The van der Waals surface area contributed by atoms with Crippen LogP contribution in [-0.2, 0) is 0 Å². The lowest BCUT2D eigenvalue weighted by atomic mass is 10.0. The molecule has 0 atom stereocenters. The number of carbonyl (C=O) groups is 2. The third kappa shape index (κ3) is 3.54. The van der Waals surface area contributed by atoms with E-state index in [0.717, 1.165) is 0 Å². The molecule has 0 saturated heterocycles. The second-order valence-electron chi connectivity index (χ2n) is 6.89. The molecule has 0 fully saturated rings. The number of aromatic carboxylic acids is 1. The maximum Gasteiger partial charge on any atom is 0.339 e. The molecule has 32 heavy (non-hydrogen) atoms. The van der Waals surface area contributed by atoms with E-state index in [-0.39, 0.29) is 22.7 Å². The van der Waals surface area contributed by atoms with Crippen LogP contribution in [0.1, 0.15) is 20.7 Å². The van der Waals surface area contributed by atoms with Gasteiger partial charge in [-0.1, -0.05) is 6.07 Å². The Hall–Kier alpha value is -4.60. The summed E-state index contributed by atoms with van der Waals surface area (Å²) in [5.74, 6) is -1.35. The van der Waals surface area contributed by atoms with Gasteiger partial charge in [-0.3, -0.25) is 14.9 Å². The molecule has 0 bridgehead atoms. The number of rotatable bonds is 5. The van der Waals surface area contributed by atoms with Gasteiger partial charge in [0.05, 0.1) is 41.8 Å². The number of nitrogens with one attached hydrogen (secondary N) is 2. The van der Waals surface area contributed by atoms with Gasteiger partial charge < -0.3 is 25.2 Å². The highest BCUT2D eigenvalue weighted by Crippen LogP contribution is 2.39. The highest BCUT2D eigenvalue weighted by molar-refractivity contribution is 6.13. The molecular formula is C22H17N3O7. The van der Waals surface area contributed by atoms with Crippen LogP contribution in [0.25, 0.3) is 11.1 Å². The summed E-state index contributed by atoms with van der Waals surface area (Å²) < 4.78 is 10.3. The monoisotopic (exact) mass is 435 g/mol. The molecule has 1 heterocycles. The van der Waals surface area contributed by atoms with Crippen molar-refractivity contribution in [1.82, 2.24) is 0 Å². The van der Waals surface area contributed by atoms with Crippen molar-refractivity contribution in [2.45, 2.75) is 0 Å². The summed E-state index contributed by atoms with van der Waals surface area (Å²) in [5.41, 5.74) is 2.67. The predicted octanol–water partition coefficient (Wildman–Crippen LogP) is 4.29. The molecule has 0 aliphatic carbocycles. The van der Waals surface area contributed by atoms with Crippen molar-refractivity contribution in [1.29, 1.82) is 0 Å². The molecule has 0 spiro atoms. The highest BCUT2D eigenvalue weighted by atomic mass is 16.6. The fourth-order valence-electron chi connectivity index (χ4n) is 3.49. The second kappa shape index (κ2) is 7.91. The Morgan fingerprint density at radius 2 is 1.56 bits per heavy atom. The van der Waals surface area contributed by atoms with Gasteiger partial charge in [0.2, 0.25) is 0 Å². The number of hydrogen-bond acceptors (Lipinski definition) is 7. The minimum atomic E-state index is -1.19. The fourth-order valence-corrected chi connectivity index (χ4v) is 3.49. The van der Waals surface area contributed by atoms with Gasteiger partial charge in [-0.25, -0.2) is 4.79 Å². The largest absolute Gasteiger partial charge is 0.496 e. The molecule has 10 nitrogen and oxygen atoms in total. The van der Waals surface area contributed by atoms with Gasteiger partial charge >= 0.3 is 11.7 Å². The van der Waals surface area contributed by atoms with Crippen LogP contribution in [-0.4, -0.2) is 36.1 Å². The number of benzene rings is 3. The summed E-state index contributed by atoms with van der Waals surface area (Å²) in [6.07, 6.45) is 0. The highest BCUT2D eigenvalue weighted by Gasteiger charge is 2.24. The number of nitro groups is 1. The van der Waals surface area contributed by atoms with Crippen LogP contribution in [0, 0.1) is 10.1 Å². The van der Waals surface area contributed by atoms with Crippen molar-refractivity contribution in [3.8, 4) is 22.6 Å². The van der Waals surface area contributed by atoms with Crippen molar-refractivity contribution in [3.63, 3.8) is 0 Å².